The van der Waals surface area contributed by atoms with E-state index in [1.54, 1.807) is 7.11 Å². The molecule has 0 radical (unpaired) electrons. The average molecular weight is 155 g/mol. The van der Waals surface area contributed by atoms with Gasteiger partial charge in [-0.15, -0.1) is 0 Å². The number of rotatable bonds is 2. The van der Waals surface area contributed by atoms with E-state index in [9.17, 15) is 0 Å². The maximum Gasteiger partial charge on any atom is 0.0887 e. The molecule has 1 fully saturated rings. The molecular formula is C9H17NO. The summed E-state index contributed by atoms with van der Waals surface area (Å²) in [4.78, 5) is 0. The largest absolute Gasteiger partial charge is 0.502 e. The Kier molecular flexibility index (Phi) is 3.43. The lowest BCUT2D eigenvalue weighted by Crippen LogP contribution is -2.26. The van der Waals surface area contributed by atoms with Gasteiger partial charge in [-0.05, 0) is 44.8 Å². The molecule has 0 spiro atoms. The van der Waals surface area contributed by atoms with Crippen LogP contribution in [0.3, 0.4) is 0 Å². The molecule has 1 aliphatic rings. The molecule has 0 atom stereocenters. The molecule has 0 aromatic carbocycles. The van der Waals surface area contributed by atoms with E-state index in [4.69, 9.17) is 4.74 Å². The molecule has 0 unspecified atom stereocenters. The number of allylic oxidation sites excluding steroid dienone is 2. The first-order valence-electron chi connectivity index (χ1n) is 4.26. The third kappa shape index (κ3) is 2.93. The van der Waals surface area contributed by atoms with E-state index < -0.39 is 0 Å². The van der Waals surface area contributed by atoms with Crippen LogP contribution in [-0.2, 0) is 4.74 Å². The summed E-state index contributed by atoms with van der Waals surface area (Å²) in [6, 6.07) is 0. The van der Waals surface area contributed by atoms with Gasteiger partial charge < -0.3 is 10.1 Å². The summed E-state index contributed by atoms with van der Waals surface area (Å²) in [6.07, 6.45) is 4.74. The molecule has 0 aromatic heterocycles. The number of hydrogen-bond acceptors (Lipinski definition) is 2. The minimum Gasteiger partial charge on any atom is -0.502 e. The zero-order chi connectivity index (χ0) is 8.10. The topological polar surface area (TPSA) is 21.3 Å². The maximum atomic E-state index is 5.09. The second kappa shape index (κ2) is 4.39. The summed E-state index contributed by atoms with van der Waals surface area (Å²) < 4.78 is 5.09. The zero-order valence-electron chi connectivity index (χ0n) is 7.39. The van der Waals surface area contributed by atoms with Crippen LogP contribution in [0.15, 0.2) is 11.8 Å². The van der Waals surface area contributed by atoms with Crippen LogP contribution in [0.1, 0.15) is 19.8 Å². The molecule has 0 bridgehead atoms. The molecule has 0 aromatic rings. The molecule has 0 aliphatic carbocycles. The van der Waals surface area contributed by atoms with Crippen molar-refractivity contribution in [1.29, 1.82) is 0 Å². The number of hydrogen-bond donors (Lipinski definition) is 1. The highest BCUT2D eigenvalue weighted by Crippen LogP contribution is 2.14. The van der Waals surface area contributed by atoms with Gasteiger partial charge in [-0.2, -0.15) is 0 Å². The number of piperidine rings is 1. The zero-order valence-corrected chi connectivity index (χ0v) is 7.39. The third-order valence-electron chi connectivity index (χ3n) is 2.18. The van der Waals surface area contributed by atoms with Gasteiger partial charge in [-0.3, -0.25) is 0 Å². The molecule has 1 N–H and O–H groups in total. The van der Waals surface area contributed by atoms with E-state index in [1.807, 2.05) is 6.92 Å². The Morgan fingerprint density at radius 1 is 1.45 bits per heavy atom. The van der Waals surface area contributed by atoms with Crippen LogP contribution in [0, 0.1) is 5.92 Å². The lowest BCUT2D eigenvalue weighted by Gasteiger charge is -2.19. The highest BCUT2D eigenvalue weighted by atomic mass is 16.5. The van der Waals surface area contributed by atoms with Gasteiger partial charge in [0.2, 0.25) is 0 Å². The monoisotopic (exact) mass is 155 g/mol. The SMILES string of the molecule is CO/C(C)=C/C1CCNCC1. The predicted molar refractivity (Wildman–Crippen MR) is 46.4 cm³/mol. The van der Waals surface area contributed by atoms with Crippen molar-refractivity contribution in [2.45, 2.75) is 19.8 Å². The van der Waals surface area contributed by atoms with Gasteiger partial charge in [0.1, 0.15) is 0 Å². The normalized spacial score (nSPS) is 21.8. The molecule has 2 nitrogen and oxygen atoms in total. The van der Waals surface area contributed by atoms with Gasteiger partial charge in [0.15, 0.2) is 0 Å². The van der Waals surface area contributed by atoms with Crippen molar-refractivity contribution in [3.63, 3.8) is 0 Å². The first-order chi connectivity index (χ1) is 5.33. The van der Waals surface area contributed by atoms with E-state index in [1.165, 1.54) is 12.8 Å². The first-order valence-corrected chi connectivity index (χ1v) is 4.26. The van der Waals surface area contributed by atoms with Crippen LogP contribution in [-0.4, -0.2) is 20.2 Å². The van der Waals surface area contributed by atoms with Crippen LogP contribution in [0.25, 0.3) is 0 Å². The first kappa shape index (κ1) is 8.60. The van der Waals surface area contributed by atoms with Crippen molar-refractivity contribution in [3.05, 3.63) is 11.8 Å². The highest BCUT2D eigenvalue weighted by molar-refractivity contribution is 4.94. The number of nitrogens with one attached hydrogen (secondary N) is 1. The summed E-state index contributed by atoms with van der Waals surface area (Å²) in [5.74, 6) is 1.79. The fourth-order valence-corrected chi connectivity index (χ4v) is 1.41. The Labute approximate surface area is 68.6 Å². The second-order valence-electron chi connectivity index (χ2n) is 3.07. The molecule has 1 aliphatic heterocycles. The predicted octanol–water partition coefficient (Wildman–Crippen LogP) is 1.54. The van der Waals surface area contributed by atoms with E-state index in [-0.39, 0.29) is 0 Å². The Bertz CT molecular complexity index is 136. The molecule has 0 amide bonds. The minimum atomic E-state index is 0.733. The van der Waals surface area contributed by atoms with Crippen LogP contribution < -0.4 is 5.32 Å². The summed E-state index contributed by atoms with van der Waals surface area (Å²) in [5, 5.41) is 3.34. The van der Waals surface area contributed by atoms with Crippen LogP contribution in [0.2, 0.25) is 0 Å². The maximum absolute atomic E-state index is 5.09. The fourth-order valence-electron chi connectivity index (χ4n) is 1.41. The minimum absolute atomic E-state index is 0.733. The van der Waals surface area contributed by atoms with Crippen molar-refractivity contribution < 1.29 is 4.74 Å². The second-order valence-corrected chi connectivity index (χ2v) is 3.07. The number of ether oxygens (including phenoxy) is 1. The lowest BCUT2D eigenvalue weighted by molar-refractivity contribution is 0.285. The van der Waals surface area contributed by atoms with Gasteiger partial charge in [0.05, 0.1) is 12.9 Å². The van der Waals surface area contributed by atoms with Crippen LogP contribution in [0.5, 0.6) is 0 Å². The summed E-state index contributed by atoms with van der Waals surface area (Å²) in [6.45, 7) is 4.32. The molecular weight excluding hydrogens is 138 g/mol. The molecule has 1 rings (SSSR count). The van der Waals surface area contributed by atoms with Crippen molar-refractivity contribution in [1.82, 2.24) is 5.32 Å². The smallest absolute Gasteiger partial charge is 0.0887 e. The molecule has 1 heterocycles. The van der Waals surface area contributed by atoms with Crippen molar-refractivity contribution in [2.75, 3.05) is 20.2 Å². The summed E-state index contributed by atoms with van der Waals surface area (Å²) in [7, 11) is 1.73. The molecule has 64 valence electrons. The van der Waals surface area contributed by atoms with Gasteiger partial charge in [0, 0.05) is 0 Å². The summed E-state index contributed by atoms with van der Waals surface area (Å²) >= 11 is 0. The Hall–Kier alpha value is -0.500. The van der Waals surface area contributed by atoms with Crippen molar-refractivity contribution in [2.24, 2.45) is 5.92 Å². The summed E-state index contributed by atoms with van der Waals surface area (Å²) in [5.41, 5.74) is 0. The van der Waals surface area contributed by atoms with E-state index >= 15 is 0 Å². The van der Waals surface area contributed by atoms with Crippen LogP contribution >= 0.6 is 0 Å². The third-order valence-corrected chi connectivity index (χ3v) is 2.18. The molecule has 0 saturated carbocycles. The van der Waals surface area contributed by atoms with Crippen molar-refractivity contribution >= 4 is 0 Å². The lowest BCUT2D eigenvalue weighted by atomic mass is 9.97. The van der Waals surface area contributed by atoms with Gasteiger partial charge in [-0.1, -0.05) is 0 Å². The van der Waals surface area contributed by atoms with E-state index in [2.05, 4.69) is 11.4 Å². The highest BCUT2D eigenvalue weighted by Gasteiger charge is 2.09. The standard InChI is InChI=1S/C9H17NO/c1-8(11-2)7-9-3-5-10-6-4-9/h7,9-10H,3-6H2,1-2H3/b8-7+. The Morgan fingerprint density at radius 2 is 2.09 bits per heavy atom. The van der Waals surface area contributed by atoms with Crippen molar-refractivity contribution in [3.8, 4) is 0 Å². The Morgan fingerprint density at radius 3 is 2.64 bits per heavy atom. The van der Waals surface area contributed by atoms with Gasteiger partial charge in [-0.25, -0.2) is 0 Å². The molecule has 11 heavy (non-hydrogen) atoms. The van der Waals surface area contributed by atoms with Gasteiger partial charge >= 0.3 is 0 Å². The van der Waals surface area contributed by atoms with E-state index in [0.717, 1.165) is 24.8 Å². The van der Waals surface area contributed by atoms with Gasteiger partial charge in [0.25, 0.3) is 0 Å². The fraction of sp³-hybridized carbons (Fsp3) is 0.778. The number of methoxy groups -OCH3 is 1. The average Bonchev–Trinajstić information content (AvgIpc) is 2.06. The van der Waals surface area contributed by atoms with E-state index in [0.29, 0.717) is 0 Å². The molecule has 1 saturated heterocycles. The van der Waals surface area contributed by atoms with Crippen LogP contribution in [0.4, 0.5) is 0 Å². The molecule has 2 heteroatoms. The quantitative estimate of drug-likeness (QED) is 0.611. The Balaban J connectivity index is 2.34.